The molecule has 0 radical (unpaired) electrons. The van der Waals surface area contributed by atoms with Crippen LogP contribution in [0.1, 0.15) is 32.6 Å². The van der Waals surface area contributed by atoms with Gasteiger partial charge in [-0.3, -0.25) is 9.69 Å². The maximum absolute atomic E-state index is 11.5. The lowest BCUT2D eigenvalue weighted by Crippen LogP contribution is -2.40. The summed E-state index contributed by atoms with van der Waals surface area (Å²) >= 11 is 0. The molecule has 5 heteroatoms. The Morgan fingerprint density at radius 1 is 1.16 bits per heavy atom. The number of carbonyl (C=O) groups is 1. The van der Waals surface area contributed by atoms with Gasteiger partial charge in [0, 0.05) is 45.7 Å². The van der Waals surface area contributed by atoms with Gasteiger partial charge in [0.2, 0.25) is 5.91 Å². The zero-order valence-corrected chi connectivity index (χ0v) is 12.2. The number of unbranched alkanes of at least 4 members (excludes halogenated alkanes) is 2. The fourth-order valence-corrected chi connectivity index (χ4v) is 2.08. The van der Waals surface area contributed by atoms with E-state index in [0.717, 1.165) is 58.9 Å². The van der Waals surface area contributed by atoms with Crippen molar-refractivity contribution in [2.45, 2.75) is 32.6 Å². The molecule has 0 spiro atoms. The van der Waals surface area contributed by atoms with Crippen molar-refractivity contribution in [3.8, 4) is 0 Å². The van der Waals surface area contributed by atoms with E-state index in [2.05, 4.69) is 22.5 Å². The first kappa shape index (κ1) is 16.4. The van der Waals surface area contributed by atoms with Gasteiger partial charge in [0.25, 0.3) is 0 Å². The molecular weight excluding hydrogens is 242 g/mol. The fourth-order valence-electron chi connectivity index (χ4n) is 2.08. The first-order valence-electron chi connectivity index (χ1n) is 7.60. The van der Waals surface area contributed by atoms with Crippen LogP contribution in [0.5, 0.6) is 0 Å². The number of hydrogen-bond donors (Lipinski definition) is 2. The third-order valence-corrected chi connectivity index (χ3v) is 3.34. The summed E-state index contributed by atoms with van der Waals surface area (Å²) in [5, 5.41) is 6.27. The third kappa shape index (κ3) is 8.97. The van der Waals surface area contributed by atoms with Crippen LogP contribution in [-0.4, -0.2) is 63.3 Å². The van der Waals surface area contributed by atoms with E-state index in [0.29, 0.717) is 6.42 Å². The number of morpholine rings is 1. The van der Waals surface area contributed by atoms with Gasteiger partial charge in [-0.2, -0.15) is 0 Å². The van der Waals surface area contributed by atoms with Gasteiger partial charge in [0.15, 0.2) is 0 Å². The second kappa shape index (κ2) is 11.2. The van der Waals surface area contributed by atoms with E-state index in [1.54, 1.807) is 0 Å². The normalized spacial score (nSPS) is 16.5. The van der Waals surface area contributed by atoms with Gasteiger partial charge in [0.05, 0.1) is 13.2 Å². The summed E-state index contributed by atoms with van der Waals surface area (Å²) in [7, 11) is 0. The molecule has 0 aromatic rings. The van der Waals surface area contributed by atoms with Crippen molar-refractivity contribution in [1.82, 2.24) is 15.5 Å². The van der Waals surface area contributed by atoms with Crippen LogP contribution in [0.3, 0.4) is 0 Å². The minimum absolute atomic E-state index is 0.162. The molecule has 1 saturated heterocycles. The minimum Gasteiger partial charge on any atom is -0.379 e. The van der Waals surface area contributed by atoms with Crippen molar-refractivity contribution >= 4 is 5.91 Å². The summed E-state index contributed by atoms with van der Waals surface area (Å²) in [6.07, 6.45) is 4.05. The lowest BCUT2D eigenvalue weighted by molar-refractivity contribution is -0.121. The first-order valence-corrected chi connectivity index (χ1v) is 7.60. The molecule has 1 heterocycles. The summed E-state index contributed by atoms with van der Waals surface area (Å²) in [5.41, 5.74) is 0. The molecule has 1 aliphatic heterocycles. The molecule has 0 aromatic heterocycles. The highest BCUT2D eigenvalue weighted by Crippen LogP contribution is 1.94. The molecule has 0 atom stereocenters. The number of carbonyl (C=O) groups excluding carboxylic acids is 1. The Bertz CT molecular complexity index is 231. The Hall–Kier alpha value is -0.650. The molecule has 1 aliphatic rings. The highest BCUT2D eigenvalue weighted by Gasteiger charge is 2.09. The van der Waals surface area contributed by atoms with Crippen LogP contribution in [0.2, 0.25) is 0 Å². The molecule has 1 fully saturated rings. The quantitative estimate of drug-likeness (QED) is 0.572. The molecule has 2 N–H and O–H groups in total. The van der Waals surface area contributed by atoms with Crippen molar-refractivity contribution in [3.63, 3.8) is 0 Å². The Labute approximate surface area is 117 Å². The van der Waals surface area contributed by atoms with Gasteiger partial charge in [-0.25, -0.2) is 0 Å². The Kier molecular flexibility index (Phi) is 9.67. The maximum Gasteiger partial charge on any atom is 0.221 e. The van der Waals surface area contributed by atoms with E-state index in [1.165, 1.54) is 12.8 Å². The molecule has 5 nitrogen and oxygen atoms in total. The van der Waals surface area contributed by atoms with Gasteiger partial charge in [-0.1, -0.05) is 19.8 Å². The largest absolute Gasteiger partial charge is 0.379 e. The van der Waals surface area contributed by atoms with E-state index in [9.17, 15) is 4.79 Å². The van der Waals surface area contributed by atoms with Crippen LogP contribution in [0.25, 0.3) is 0 Å². The molecule has 0 bridgehead atoms. The monoisotopic (exact) mass is 271 g/mol. The zero-order valence-electron chi connectivity index (χ0n) is 12.2. The predicted molar refractivity (Wildman–Crippen MR) is 77.3 cm³/mol. The first-order chi connectivity index (χ1) is 9.33. The summed E-state index contributed by atoms with van der Waals surface area (Å²) in [6.45, 7) is 9.49. The fraction of sp³-hybridized carbons (Fsp3) is 0.929. The van der Waals surface area contributed by atoms with Crippen molar-refractivity contribution < 1.29 is 9.53 Å². The van der Waals surface area contributed by atoms with Crippen molar-refractivity contribution in [1.29, 1.82) is 0 Å². The average molecular weight is 271 g/mol. The zero-order chi connectivity index (χ0) is 13.8. The van der Waals surface area contributed by atoms with Crippen molar-refractivity contribution in [2.24, 2.45) is 0 Å². The molecular formula is C14H29N3O2. The molecule has 0 saturated carbocycles. The Morgan fingerprint density at radius 2 is 1.95 bits per heavy atom. The van der Waals surface area contributed by atoms with Crippen LogP contribution in [-0.2, 0) is 9.53 Å². The maximum atomic E-state index is 11.5. The molecule has 1 amide bonds. The topological polar surface area (TPSA) is 53.6 Å². The van der Waals surface area contributed by atoms with Gasteiger partial charge in [-0.15, -0.1) is 0 Å². The summed E-state index contributed by atoms with van der Waals surface area (Å²) in [4.78, 5) is 13.9. The van der Waals surface area contributed by atoms with Gasteiger partial charge >= 0.3 is 0 Å². The Balaban J connectivity index is 1.85. The van der Waals surface area contributed by atoms with Gasteiger partial charge < -0.3 is 15.4 Å². The lowest BCUT2D eigenvalue weighted by Gasteiger charge is -2.26. The van der Waals surface area contributed by atoms with Crippen molar-refractivity contribution in [3.05, 3.63) is 0 Å². The van der Waals surface area contributed by atoms with E-state index < -0.39 is 0 Å². The minimum atomic E-state index is 0.162. The average Bonchev–Trinajstić information content (AvgIpc) is 2.44. The number of rotatable bonds is 10. The third-order valence-electron chi connectivity index (χ3n) is 3.34. The number of hydrogen-bond acceptors (Lipinski definition) is 4. The SMILES string of the molecule is CCCCCNC(=O)CCNCCN1CCOCC1. The van der Waals surface area contributed by atoms with Crippen LogP contribution in [0.15, 0.2) is 0 Å². The number of amides is 1. The number of nitrogens with zero attached hydrogens (tertiary/aromatic N) is 1. The summed E-state index contributed by atoms with van der Waals surface area (Å²) in [5.74, 6) is 0.162. The van der Waals surface area contributed by atoms with Crippen LogP contribution in [0.4, 0.5) is 0 Å². The van der Waals surface area contributed by atoms with Crippen LogP contribution in [0, 0.1) is 0 Å². The smallest absolute Gasteiger partial charge is 0.221 e. The van der Waals surface area contributed by atoms with Crippen molar-refractivity contribution in [2.75, 3.05) is 52.5 Å². The second-order valence-corrected chi connectivity index (χ2v) is 5.01. The summed E-state index contributed by atoms with van der Waals surface area (Å²) < 4.78 is 5.30. The Morgan fingerprint density at radius 3 is 2.68 bits per heavy atom. The van der Waals surface area contributed by atoms with Crippen LogP contribution >= 0.6 is 0 Å². The van der Waals surface area contributed by atoms with Crippen LogP contribution < -0.4 is 10.6 Å². The molecule has 1 rings (SSSR count). The van der Waals surface area contributed by atoms with E-state index >= 15 is 0 Å². The molecule has 112 valence electrons. The molecule has 0 aliphatic carbocycles. The lowest BCUT2D eigenvalue weighted by atomic mass is 10.2. The van der Waals surface area contributed by atoms with E-state index in [1.807, 2.05) is 0 Å². The van der Waals surface area contributed by atoms with Gasteiger partial charge in [0.1, 0.15) is 0 Å². The molecule has 19 heavy (non-hydrogen) atoms. The standard InChI is InChI=1S/C14H29N3O2/c1-2-3-4-6-16-14(18)5-7-15-8-9-17-10-12-19-13-11-17/h15H,2-13H2,1H3,(H,16,18). The number of nitrogens with one attached hydrogen (secondary N) is 2. The van der Waals surface area contributed by atoms with Gasteiger partial charge in [-0.05, 0) is 6.42 Å². The highest BCUT2D eigenvalue weighted by atomic mass is 16.5. The second-order valence-electron chi connectivity index (χ2n) is 5.01. The highest BCUT2D eigenvalue weighted by molar-refractivity contribution is 5.75. The predicted octanol–water partition coefficient (Wildman–Crippen LogP) is 0.605. The summed E-state index contributed by atoms with van der Waals surface area (Å²) in [6, 6.07) is 0. The van der Waals surface area contributed by atoms with E-state index in [4.69, 9.17) is 4.74 Å². The molecule has 0 unspecified atom stereocenters. The molecule has 0 aromatic carbocycles. The number of ether oxygens (including phenoxy) is 1. The van der Waals surface area contributed by atoms with E-state index in [-0.39, 0.29) is 5.91 Å².